The molecule has 1 unspecified atom stereocenters. The SMILES string of the molecule is Cn1cc(CC(=O)NCC2CCCN(CC(F)(F)F)C2)cn1. The van der Waals surface area contributed by atoms with Gasteiger partial charge in [-0.3, -0.25) is 14.4 Å². The molecule has 1 N–H and O–H groups in total. The molecule has 0 bridgehead atoms. The summed E-state index contributed by atoms with van der Waals surface area (Å²) in [6, 6.07) is 0. The first-order valence-electron chi connectivity index (χ1n) is 7.35. The molecule has 8 heteroatoms. The summed E-state index contributed by atoms with van der Waals surface area (Å²) in [6.45, 7) is 0.410. The van der Waals surface area contributed by atoms with Crippen LogP contribution in [0.15, 0.2) is 12.4 Å². The van der Waals surface area contributed by atoms with Crippen molar-refractivity contribution >= 4 is 5.91 Å². The van der Waals surface area contributed by atoms with Gasteiger partial charge in [0.15, 0.2) is 0 Å². The molecule has 1 saturated heterocycles. The summed E-state index contributed by atoms with van der Waals surface area (Å²) in [4.78, 5) is 13.3. The molecule has 22 heavy (non-hydrogen) atoms. The Morgan fingerprint density at radius 2 is 2.27 bits per heavy atom. The van der Waals surface area contributed by atoms with E-state index in [1.807, 2.05) is 0 Å². The Morgan fingerprint density at radius 3 is 2.91 bits per heavy atom. The van der Waals surface area contributed by atoms with E-state index in [9.17, 15) is 18.0 Å². The number of nitrogens with one attached hydrogen (secondary N) is 1. The number of piperidine rings is 1. The second-order valence-corrected chi connectivity index (χ2v) is 5.86. The highest BCUT2D eigenvalue weighted by molar-refractivity contribution is 5.78. The number of hydrogen-bond donors (Lipinski definition) is 1. The Kier molecular flexibility index (Phi) is 5.44. The number of hydrogen-bond acceptors (Lipinski definition) is 3. The summed E-state index contributed by atoms with van der Waals surface area (Å²) >= 11 is 0. The molecule has 0 aromatic carbocycles. The van der Waals surface area contributed by atoms with Crippen LogP contribution in [0.1, 0.15) is 18.4 Å². The quantitative estimate of drug-likeness (QED) is 0.892. The maximum atomic E-state index is 12.4. The number of halogens is 3. The van der Waals surface area contributed by atoms with E-state index < -0.39 is 12.7 Å². The summed E-state index contributed by atoms with van der Waals surface area (Å²) in [5.74, 6) is -0.0464. The van der Waals surface area contributed by atoms with Gasteiger partial charge in [-0.2, -0.15) is 18.3 Å². The van der Waals surface area contributed by atoms with E-state index in [1.54, 1.807) is 24.1 Å². The van der Waals surface area contributed by atoms with Crippen molar-refractivity contribution in [2.75, 3.05) is 26.2 Å². The molecule has 1 aliphatic rings. The number of nitrogens with zero attached hydrogens (tertiary/aromatic N) is 3. The first-order chi connectivity index (χ1) is 10.3. The fourth-order valence-corrected chi connectivity index (χ4v) is 2.78. The Bertz CT molecular complexity index is 501. The summed E-state index contributed by atoms with van der Waals surface area (Å²) in [6.07, 6.45) is 1.07. The molecule has 1 amide bonds. The second-order valence-electron chi connectivity index (χ2n) is 5.86. The molecule has 1 aliphatic heterocycles. The lowest BCUT2D eigenvalue weighted by molar-refractivity contribution is -0.149. The summed E-state index contributed by atoms with van der Waals surface area (Å²) in [5.41, 5.74) is 0.822. The monoisotopic (exact) mass is 318 g/mol. The fourth-order valence-electron chi connectivity index (χ4n) is 2.78. The summed E-state index contributed by atoms with van der Waals surface area (Å²) in [7, 11) is 1.78. The zero-order valence-electron chi connectivity index (χ0n) is 12.6. The van der Waals surface area contributed by atoms with E-state index >= 15 is 0 Å². The van der Waals surface area contributed by atoms with E-state index in [-0.39, 0.29) is 18.2 Å². The molecule has 0 aliphatic carbocycles. The van der Waals surface area contributed by atoms with Crippen molar-refractivity contribution in [1.29, 1.82) is 0 Å². The molecule has 1 aromatic heterocycles. The third kappa shape index (κ3) is 5.67. The number of aryl methyl sites for hydroxylation is 1. The number of carbonyl (C=O) groups excluding carboxylic acids is 1. The van der Waals surface area contributed by atoms with Crippen LogP contribution in [0.5, 0.6) is 0 Å². The lowest BCUT2D eigenvalue weighted by Crippen LogP contribution is -2.44. The molecule has 1 atom stereocenters. The van der Waals surface area contributed by atoms with Gasteiger partial charge in [-0.25, -0.2) is 0 Å². The highest BCUT2D eigenvalue weighted by atomic mass is 19.4. The number of rotatable bonds is 5. The van der Waals surface area contributed by atoms with Gasteiger partial charge >= 0.3 is 6.18 Å². The smallest absolute Gasteiger partial charge is 0.355 e. The van der Waals surface area contributed by atoms with Crippen molar-refractivity contribution in [1.82, 2.24) is 20.0 Å². The summed E-state index contributed by atoms with van der Waals surface area (Å²) < 4.78 is 38.8. The summed E-state index contributed by atoms with van der Waals surface area (Å²) in [5, 5.41) is 6.80. The lowest BCUT2D eigenvalue weighted by Gasteiger charge is -2.33. The maximum absolute atomic E-state index is 12.4. The first kappa shape index (κ1) is 16.8. The van der Waals surface area contributed by atoms with Crippen molar-refractivity contribution in [3.63, 3.8) is 0 Å². The molecule has 2 heterocycles. The van der Waals surface area contributed by atoms with Gasteiger partial charge in [0.25, 0.3) is 0 Å². The molecule has 0 spiro atoms. The minimum absolute atomic E-state index is 0.0777. The van der Waals surface area contributed by atoms with Gasteiger partial charge in [-0.1, -0.05) is 0 Å². The van der Waals surface area contributed by atoms with Crippen LogP contribution in [-0.4, -0.2) is 52.9 Å². The number of carbonyl (C=O) groups is 1. The Morgan fingerprint density at radius 1 is 1.50 bits per heavy atom. The van der Waals surface area contributed by atoms with Crippen molar-refractivity contribution in [3.05, 3.63) is 18.0 Å². The molecule has 1 fully saturated rings. The Hall–Kier alpha value is -1.57. The zero-order valence-corrected chi connectivity index (χ0v) is 12.6. The van der Waals surface area contributed by atoms with E-state index in [1.165, 1.54) is 4.90 Å². The fraction of sp³-hybridized carbons (Fsp3) is 0.714. The van der Waals surface area contributed by atoms with Crippen LogP contribution in [0, 0.1) is 5.92 Å². The minimum atomic E-state index is -4.16. The lowest BCUT2D eigenvalue weighted by atomic mass is 9.98. The molecule has 0 radical (unpaired) electrons. The number of alkyl halides is 3. The molecular formula is C14H21F3N4O. The van der Waals surface area contributed by atoms with Crippen molar-refractivity contribution in [3.8, 4) is 0 Å². The Labute approximate surface area is 127 Å². The molecule has 124 valence electrons. The van der Waals surface area contributed by atoms with Gasteiger partial charge in [-0.15, -0.1) is 0 Å². The maximum Gasteiger partial charge on any atom is 0.401 e. The van der Waals surface area contributed by atoms with Crippen LogP contribution in [0.4, 0.5) is 13.2 Å². The second kappa shape index (κ2) is 7.13. The van der Waals surface area contributed by atoms with Gasteiger partial charge in [0.05, 0.1) is 19.2 Å². The van der Waals surface area contributed by atoms with E-state index in [0.717, 1.165) is 18.4 Å². The largest absolute Gasteiger partial charge is 0.401 e. The van der Waals surface area contributed by atoms with Crippen LogP contribution >= 0.6 is 0 Å². The van der Waals surface area contributed by atoms with Gasteiger partial charge in [0.2, 0.25) is 5.91 Å². The molecular weight excluding hydrogens is 297 g/mol. The number of likely N-dealkylation sites (tertiary alicyclic amines) is 1. The number of amides is 1. The van der Waals surface area contributed by atoms with Crippen LogP contribution in [0.3, 0.4) is 0 Å². The normalized spacial score (nSPS) is 20.1. The first-order valence-corrected chi connectivity index (χ1v) is 7.35. The van der Waals surface area contributed by atoms with Crippen molar-refractivity contribution < 1.29 is 18.0 Å². The third-order valence-corrected chi connectivity index (χ3v) is 3.72. The number of aromatic nitrogens is 2. The van der Waals surface area contributed by atoms with Crippen LogP contribution in [0.2, 0.25) is 0 Å². The third-order valence-electron chi connectivity index (χ3n) is 3.72. The van der Waals surface area contributed by atoms with E-state index in [0.29, 0.717) is 19.6 Å². The predicted molar refractivity (Wildman–Crippen MR) is 75.1 cm³/mol. The van der Waals surface area contributed by atoms with Gasteiger partial charge in [0, 0.05) is 26.3 Å². The minimum Gasteiger partial charge on any atom is -0.355 e. The highest BCUT2D eigenvalue weighted by Crippen LogP contribution is 2.22. The van der Waals surface area contributed by atoms with Crippen molar-refractivity contribution in [2.24, 2.45) is 13.0 Å². The van der Waals surface area contributed by atoms with Crippen LogP contribution in [0.25, 0.3) is 0 Å². The predicted octanol–water partition coefficient (Wildman–Crippen LogP) is 1.35. The Balaban J connectivity index is 1.72. The topological polar surface area (TPSA) is 50.2 Å². The van der Waals surface area contributed by atoms with E-state index in [2.05, 4.69) is 10.4 Å². The average Bonchev–Trinajstić information content (AvgIpc) is 2.80. The highest BCUT2D eigenvalue weighted by Gasteiger charge is 2.32. The molecule has 0 saturated carbocycles. The van der Waals surface area contributed by atoms with Crippen LogP contribution in [-0.2, 0) is 18.3 Å². The van der Waals surface area contributed by atoms with Gasteiger partial charge in [-0.05, 0) is 30.9 Å². The average molecular weight is 318 g/mol. The van der Waals surface area contributed by atoms with Crippen molar-refractivity contribution in [2.45, 2.75) is 25.4 Å². The molecule has 1 aromatic rings. The zero-order chi connectivity index (χ0) is 16.2. The standard InChI is InChI=1S/C14H21F3N4O/c1-20-8-12(7-19-20)5-13(22)18-6-11-3-2-4-21(9-11)10-14(15,16)17/h7-8,11H,2-6,9-10H2,1H3,(H,18,22). The molecule has 5 nitrogen and oxygen atoms in total. The molecule has 2 rings (SSSR count). The van der Waals surface area contributed by atoms with E-state index in [4.69, 9.17) is 0 Å². The van der Waals surface area contributed by atoms with Gasteiger partial charge < -0.3 is 5.32 Å². The van der Waals surface area contributed by atoms with Crippen LogP contribution < -0.4 is 5.32 Å². The van der Waals surface area contributed by atoms with Gasteiger partial charge in [0.1, 0.15) is 0 Å².